The van der Waals surface area contributed by atoms with Crippen molar-refractivity contribution in [2.75, 3.05) is 12.8 Å². The first kappa shape index (κ1) is 18.7. The van der Waals surface area contributed by atoms with Gasteiger partial charge in [0.1, 0.15) is 0 Å². The number of hydrogen-bond donors (Lipinski definition) is 0. The average molecular weight is 394 g/mol. The van der Waals surface area contributed by atoms with E-state index in [4.69, 9.17) is 0 Å². The highest BCUT2D eigenvalue weighted by Crippen LogP contribution is 2.33. The van der Waals surface area contributed by atoms with Crippen LogP contribution in [0.5, 0.6) is 0 Å². The molecular formula is C21H23N5OS. The fourth-order valence-electron chi connectivity index (χ4n) is 3.69. The molecule has 2 aromatic carbocycles. The maximum Gasteiger partial charge on any atom is 0.233 e. The van der Waals surface area contributed by atoms with E-state index in [1.165, 1.54) is 22.9 Å². The van der Waals surface area contributed by atoms with Crippen molar-refractivity contribution >= 4 is 17.7 Å². The smallest absolute Gasteiger partial charge is 0.233 e. The zero-order valence-electron chi connectivity index (χ0n) is 15.9. The van der Waals surface area contributed by atoms with Crippen molar-refractivity contribution in [1.82, 2.24) is 25.1 Å². The minimum atomic E-state index is 0.0981. The van der Waals surface area contributed by atoms with Crippen molar-refractivity contribution in [3.8, 4) is 0 Å². The van der Waals surface area contributed by atoms with Crippen molar-refractivity contribution < 1.29 is 4.79 Å². The van der Waals surface area contributed by atoms with Crippen molar-refractivity contribution in [3.05, 3.63) is 71.3 Å². The van der Waals surface area contributed by atoms with E-state index in [-0.39, 0.29) is 11.9 Å². The van der Waals surface area contributed by atoms with Crippen molar-refractivity contribution in [2.24, 2.45) is 0 Å². The third kappa shape index (κ3) is 4.09. The van der Waals surface area contributed by atoms with Crippen LogP contribution < -0.4 is 0 Å². The number of benzene rings is 2. The van der Waals surface area contributed by atoms with Crippen LogP contribution in [0.1, 0.15) is 35.6 Å². The van der Waals surface area contributed by atoms with Gasteiger partial charge in [-0.2, -0.15) is 0 Å². The van der Waals surface area contributed by atoms with Gasteiger partial charge in [0.25, 0.3) is 0 Å². The lowest BCUT2D eigenvalue weighted by molar-refractivity contribution is -0.129. The standard InChI is InChI=1S/C21H23N5OS/c1-25(19-13-7-11-17-10-5-6-12-18(17)19)20(27)15-28-21-22-23-24-26(21)14-16-8-3-2-4-9-16/h2-6,8-10,12,19H,7,11,13-15H2,1H3. The van der Waals surface area contributed by atoms with Crippen molar-refractivity contribution in [2.45, 2.75) is 37.0 Å². The molecule has 1 aliphatic rings. The Balaban J connectivity index is 1.40. The molecule has 0 saturated heterocycles. The number of nitrogens with zero attached hydrogens (tertiary/aromatic N) is 5. The summed E-state index contributed by atoms with van der Waals surface area (Å²) < 4.78 is 1.74. The summed E-state index contributed by atoms with van der Waals surface area (Å²) in [6, 6.07) is 18.6. The Morgan fingerprint density at radius 2 is 1.96 bits per heavy atom. The molecule has 0 bridgehead atoms. The summed E-state index contributed by atoms with van der Waals surface area (Å²) in [5.41, 5.74) is 3.76. The SMILES string of the molecule is CN(C(=O)CSc1nnnn1Cc1ccccc1)C1CCCc2ccccc21. The maximum atomic E-state index is 12.8. The number of hydrogen-bond acceptors (Lipinski definition) is 5. The van der Waals surface area contributed by atoms with Crippen LogP contribution in [0, 0.1) is 0 Å². The van der Waals surface area contributed by atoms with E-state index in [0.717, 1.165) is 24.8 Å². The molecule has 0 saturated carbocycles. The van der Waals surface area contributed by atoms with Gasteiger partial charge in [0, 0.05) is 7.05 Å². The number of aromatic nitrogens is 4. The van der Waals surface area contributed by atoms with E-state index < -0.39 is 0 Å². The Morgan fingerprint density at radius 1 is 1.18 bits per heavy atom. The van der Waals surface area contributed by atoms with Gasteiger partial charge in [0.2, 0.25) is 11.1 Å². The summed E-state index contributed by atoms with van der Waals surface area (Å²) in [5, 5.41) is 12.6. The molecule has 0 spiro atoms. The molecule has 4 rings (SSSR count). The number of thioether (sulfide) groups is 1. The van der Waals surface area contributed by atoms with Crippen molar-refractivity contribution in [1.29, 1.82) is 0 Å². The van der Waals surface area contributed by atoms with Crippen LogP contribution in [0.3, 0.4) is 0 Å². The molecule has 0 aliphatic heterocycles. The van der Waals surface area contributed by atoms with Gasteiger partial charge in [-0.1, -0.05) is 66.4 Å². The normalized spacial score (nSPS) is 15.8. The number of amides is 1. The molecule has 0 fully saturated rings. The molecule has 1 unspecified atom stereocenters. The van der Waals surface area contributed by atoms with Crippen LogP contribution in [0.15, 0.2) is 59.8 Å². The molecule has 144 valence electrons. The zero-order valence-corrected chi connectivity index (χ0v) is 16.7. The number of fused-ring (bicyclic) bond motifs is 1. The largest absolute Gasteiger partial charge is 0.338 e. The summed E-state index contributed by atoms with van der Waals surface area (Å²) in [6.45, 7) is 0.593. The summed E-state index contributed by atoms with van der Waals surface area (Å²) in [5.74, 6) is 0.422. The number of aryl methyl sites for hydroxylation is 1. The Kier molecular flexibility index (Phi) is 5.71. The molecular weight excluding hydrogens is 370 g/mol. The summed E-state index contributed by atoms with van der Waals surface area (Å²) in [4.78, 5) is 14.7. The molecule has 1 atom stereocenters. The highest BCUT2D eigenvalue weighted by Gasteiger charge is 2.26. The van der Waals surface area contributed by atoms with E-state index in [2.05, 4.69) is 39.8 Å². The van der Waals surface area contributed by atoms with E-state index in [9.17, 15) is 4.79 Å². The second-order valence-corrected chi connectivity index (χ2v) is 7.95. The summed E-state index contributed by atoms with van der Waals surface area (Å²) in [6.07, 6.45) is 3.22. The van der Waals surface area contributed by atoms with E-state index in [1.54, 1.807) is 4.68 Å². The molecule has 0 radical (unpaired) electrons. The third-order valence-electron chi connectivity index (χ3n) is 5.20. The topological polar surface area (TPSA) is 63.9 Å². The fraction of sp³-hybridized carbons (Fsp3) is 0.333. The minimum absolute atomic E-state index is 0.0981. The Hall–Kier alpha value is -2.67. The maximum absolute atomic E-state index is 12.8. The van der Waals surface area contributed by atoms with Crippen LogP contribution in [0.25, 0.3) is 0 Å². The van der Waals surface area contributed by atoms with E-state index in [1.807, 2.05) is 42.3 Å². The lowest BCUT2D eigenvalue weighted by Crippen LogP contribution is -2.34. The van der Waals surface area contributed by atoms with Crippen LogP contribution in [-0.4, -0.2) is 43.8 Å². The molecule has 3 aromatic rings. The van der Waals surface area contributed by atoms with Gasteiger partial charge < -0.3 is 4.90 Å². The molecule has 1 aromatic heterocycles. The van der Waals surface area contributed by atoms with Gasteiger partial charge in [-0.25, -0.2) is 4.68 Å². The molecule has 0 N–H and O–H groups in total. The van der Waals surface area contributed by atoms with Gasteiger partial charge in [-0.05, 0) is 46.4 Å². The van der Waals surface area contributed by atoms with Crippen LogP contribution in [0.2, 0.25) is 0 Å². The summed E-state index contributed by atoms with van der Waals surface area (Å²) in [7, 11) is 1.91. The molecule has 1 heterocycles. The highest BCUT2D eigenvalue weighted by molar-refractivity contribution is 7.99. The third-order valence-corrected chi connectivity index (χ3v) is 6.14. The predicted octanol–water partition coefficient (Wildman–Crippen LogP) is 3.35. The van der Waals surface area contributed by atoms with Gasteiger partial charge >= 0.3 is 0 Å². The molecule has 6 nitrogen and oxygen atoms in total. The second-order valence-electron chi connectivity index (χ2n) is 7.00. The lowest BCUT2D eigenvalue weighted by atomic mass is 9.87. The Bertz CT molecular complexity index is 943. The van der Waals surface area contributed by atoms with Gasteiger partial charge in [-0.15, -0.1) is 5.10 Å². The second kappa shape index (κ2) is 8.56. The first-order valence-electron chi connectivity index (χ1n) is 9.49. The molecule has 1 aliphatic carbocycles. The number of carbonyl (C=O) groups excluding carboxylic acids is 1. The number of carbonyl (C=O) groups is 1. The average Bonchev–Trinajstić information content (AvgIpc) is 3.18. The Morgan fingerprint density at radius 3 is 2.82 bits per heavy atom. The van der Waals surface area contributed by atoms with Crippen molar-refractivity contribution in [3.63, 3.8) is 0 Å². The van der Waals surface area contributed by atoms with Gasteiger partial charge in [0.15, 0.2) is 0 Å². The van der Waals surface area contributed by atoms with Gasteiger partial charge in [-0.3, -0.25) is 4.79 Å². The fourth-order valence-corrected chi connectivity index (χ4v) is 4.49. The molecule has 28 heavy (non-hydrogen) atoms. The van der Waals surface area contributed by atoms with Crippen LogP contribution in [0.4, 0.5) is 0 Å². The molecule has 7 heteroatoms. The van der Waals surface area contributed by atoms with E-state index in [0.29, 0.717) is 17.5 Å². The first-order valence-corrected chi connectivity index (χ1v) is 10.5. The highest BCUT2D eigenvalue weighted by atomic mass is 32.2. The zero-order chi connectivity index (χ0) is 19.3. The van der Waals surface area contributed by atoms with Crippen LogP contribution >= 0.6 is 11.8 Å². The minimum Gasteiger partial charge on any atom is -0.338 e. The predicted molar refractivity (Wildman–Crippen MR) is 109 cm³/mol. The molecule has 1 amide bonds. The first-order chi connectivity index (χ1) is 13.7. The monoisotopic (exact) mass is 393 g/mol. The van der Waals surface area contributed by atoms with Crippen LogP contribution in [-0.2, 0) is 17.8 Å². The lowest BCUT2D eigenvalue weighted by Gasteiger charge is -2.33. The summed E-state index contributed by atoms with van der Waals surface area (Å²) >= 11 is 1.39. The number of rotatable bonds is 6. The van der Waals surface area contributed by atoms with E-state index >= 15 is 0 Å². The quantitative estimate of drug-likeness (QED) is 0.601. The van der Waals surface area contributed by atoms with Gasteiger partial charge in [0.05, 0.1) is 18.3 Å². The number of tetrazole rings is 1. The Labute approximate surface area is 168 Å².